The van der Waals surface area contributed by atoms with Crippen LogP contribution in [0.3, 0.4) is 0 Å². The van der Waals surface area contributed by atoms with E-state index in [0.717, 1.165) is 48.6 Å². The standard InChI is InChI=1S/2C12H15ClO.2CO2/c2*1-12(8-14)6-2-3-9-7-10(13)4-5-11(9)12;2*2-1-3/h2*4-5,7,14H,2-3,6,8H2,1H3;;/t2*12-;;/m10../s1. The van der Waals surface area contributed by atoms with Crippen molar-refractivity contribution in [3.8, 4) is 0 Å². The van der Waals surface area contributed by atoms with Gasteiger partial charge in [-0.25, -0.2) is 0 Å². The van der Waals surface area contributed by atoms with Gasteiger partial charge in [-0.05, 0) is 85.0 Å². The number of aliphatic hydroxyl groups excluding tert-OH is 2. The van der Waals surface area contributed by atoms with Gasteiger partial charge in [0.25, 0.3) is 0 Å². The number of fused-ring (bicyclic) bond motifs is 2. The Balaban J connectivity index is 0.000000277. The smallest absolute Gasteiger partial charge is 0.373 e. The van der Waals surface area contributed by atoms with Crippen LogP contribution >= 0.6 is 23.2 Å². The lowest BCUT2D eigenvalue weighted by Gasteiger charge is -2.34. The Hall–Kier alpha value is -2.30. The first-order valence-corrected chi connectivity index (χ1v) is 11.7. The Morgan fingerprint density at radius 2 is 1.06 bits per heavy atom. The van der Waals surface area contributed by atoms with E-state index in [2.05, 4.69) is 26.0 Å². The van der Waals surface area contributed by atoms with E-state index < -0.39 is 0 Å². The Labute approximate surface area is 209 Å². The highest BCUT2D eigenvalue weighted by Crippen LogP contribution is 2.38. The molecule has 0 saturated carbocycles. The third-order valence-corrected chi connectivity index (χ3v) is 6.95. The van der Waals surface area contributed by atoms with Crippen LogP contribution in [0.5, 0.6) is 0 Å². The molecule has 2 aromatic rings. The van der Waals surface area contributed by atoms with E-state index in [1.54, 1.807) is 0 Å². The summed E-state index contributed by atoms with van der Waals surface area (Å²) in [5.41, 5.74) is 5.04. The first-order valence-electron chi connectivity index (χ1n) is 10.9. The number of aliphatic hydroxyl groups is 2. The summed E-state index contributed by atoms with van der Waals surface area (Å²) in [4.78, 5) is 32.5. The minimum Gasteiger partial charge on any atom is -0.395 e. The molecule has 8 heteroatoms. The summed E-state index contributed by atoms with van der Waals surface area (Å²) in [7, 11) is 0. The summed E-state index contributed by atoms with van der Waals surface area (Å²) < 4.78 is 0. The van der Waals surface area contributed by atoms with Crippen LogP contribution in [0.15, 0.2) is 36.4 Å². The second kappa shape index (κ2) is 14.2. The van der Waals surface area contributed by atoms with Gasteiger partial charge in [-0.1, -0.05) is 49.2 Å². The fourth-order valence-electron chi connectivity index (χ4n) is 4.65. The third kappa shape index (κ3) is 7.89. The average molecular weight is 509 g/mol. The zero-order chi connectivity index (χ0) is 25.8. The fourth-order valence-corrected chi connectivity index (χ4v) is 5.04. The van der Waals surface area contributed by atoms with E-state index in [1.165, 1.54) is 22.3 Å². The minimum absolute atomic E-state index is 0.0574. The molecule has 2 N–H and O–H groups in total. The van der Waals surface area contributed by atoms with Gasteiger partial charge < -0.3 is 10.2 Å². The first-order chi connectivity index (χ1) is 16.1. The van der Waals surface area contributed by atoms with Gasteiger partial charge in [-0.15, -0.1) is 0 Å². The molecule has 2 atom stereocenters. The highest BCUT2D eigenvalue weighted by atomic mass is 35.5. The fraction of sp³-hybridized carbons (Fsp3) is 0.462. The van der Waals surface area contributed by atoms with E-state index >= 15 is 0 Å². The molecule has 0 amide bonds. The molecule has 0 aromatic heterocycles. The van der Waals surface area contributed by atoms with Crippen LogP contribution in [0.25, 0.3) is 0 Å². The van der Waals surface area contributed by atoms with Gasteiger partial charge in [-0.2, -0.15) is 19.2 Å². The van der Waals surface area contributed by atoms with E-state index in [0.29, 0.717) is 0 Å². The summed E-state index contributed by atoms with van der Waals surface area (Å²) in [6, 6.07) is 12.0. The van der Waals surface area contributed by atoms with Gasteiger partial charge in [0, 0.05) is 20.9 Å². The normalized spacial score (nSPS) is 21.8. The van der Waals surface area contributed by atoms with Gasteiger partial charge in [0.15, 0.2) is 0 Å². The van der Waals surface area contributed by atoms with Crippen molar-refractivity contribution in [1.82, 2.24) is 0 Å². The number of rotatable bonds is 2. The molecule has 0 heterocycles. The summed E-state index contributed by atoms with van der Waals surface area (Å²) in [6.45, 7) is 4.70. The van der Waals surface area contributed by atoms with Crippen molar-refractivity contribution in [1.29, 1.82) is 0 Å². The van der Waals surface area contributed by atoms with Crippen molar-refractivity contribution in [3.63, 3.8) is 0 Å². The molecule has 2 aliphatic rings. The molecular weight excluding hydrogens is 479 g/mol. The molecule has 0 bridgehead atoms. The lowest BCUT2D eigenvalue weighted by Crippen LogP contribution is -2.31. The summed E-state index contributed by atoms with van der Waals surface area (Å²) >= 11 is 11.9. The van der Waals surface area contributed by atoms with E-state index in [1.807, 2.05) is 24.3 Å². The van der Waals surface area contributed by atoms with Crippen molar-refractivity contribution in [2.24, 2.45) is 0 Å². The third-order valence-electron chi connectivity index (χ3n) is 6.48. The molecule has 34 heavy (non-hydrogen) atoms. The molecule has 0 aliphatic heterocycles. The summed E-state index contributed by atoms with van der Waals surface area (Å²) in [5, 5.41) is 20.5. The number of hydrogen-bond acceptors (Lipinski definition) is 6. The Bertz CT molecular complexity index is 931. The number of hydrogen-bond donors (Lipinski definition) is 2. The maximum atomic E-state index is 9.43. The lowest BCUT2D eigenvalue weighted by atomic mass is 9.72. The van der Waals surface area contributed by atoms with E-state index in [-0.39, 0.29) is 36.3 Å². The number of benzene rings is 2. The topological polar surface area (TPSA) is 109 Å². The molecule has 0 saturated heterocycles. The van der Waals surface area contributed by atoms with Crippen LogP contribution < -0.4 is 0 Å². The van der Waals surface area contributed by atoms with Crippen LogP contribution in [0.2, 0.25) is 10.0 Å². The molecule has 0 spiro atoms. The molecule has 2 aromatic carbocycles. The first kappa shape index (κ1) is 29.7. The van der Waals surface area contributed by atoms with Crippen molar-refractivity contribution >= 4 is 35.5 Å². The highest BCUT2D eigenvalue weighted by molar-refractivity contribution is 6.30. The monoisotopic (exact) mass is 508 g/mol. The van der Waals surface area contributed by atoms with Crippen molar-refractivity contribution in [3.05, 3.63) is 68.7 Å². The quantitative estimate of drug-likeness (QED) is 0.609. The van der Waals surface area contributed by atoms with Crippen molar-refractivity contribution in [2.75, 3.05) is 13.2 Å². The zero-order valence-corrected chi connectivity index (χ0v) is 20.9. The second-order valence-electron chi connectivity index (χ2n) is 8.91. The van der Waals surface area contributed by atoms with Gasteiger partial charge >= 0.3 is 12.3 Å². The molecule has 6 nitrogen and oxygen atoms in total. The van der Waals surface area contributed by atoms with Gasteiger partial charge in [0.05, 0.1) is 13.2 Å². The zero-order valence-electron chi connectivity index (χ0n) is 19.4. The SMILES string of the molecule is C[C@@]1(CO)CCCc2cc(Cl)ccc21.C[C@]1(CO)CCCc2cc(Cl)ccc21.O=C=O.O=C=O. The van der Waals surface area contributed by atoms with E-state index in [9.17, 15) is 10.2 Å². The minimum atomic E-state index is -0.0574. The predicted octanol–water partition coefficient (Wildman–Crippen LogP) is 4.69. The largest absolute Gasteiger partial charge is 0.395 e. The van der Waals surface area contributed by atoms with Crippen molar-refractivity contribution < 1.29 is 29.4 Å². The van der Waals surface area contributed by atoms with Crippen LogP contribution in [0.4, 0.5) is 0 Å². The molecule has 184 valence electrons. The maximum Gasteiger partial charge on any atom is 0.373 e. The van der Waals surface area contributed by atoms with Gasteiger partial charge in [-0.3, -0.25) is 0 Å². The Morgan fingerprint density at radius 3 is 1.35 bits per heavy atom. The predicted molar refractivity (Wildman–Crippen MR) is 128 cm³/mol. The van der Waals surface area contributed by atoms with Gasteiger partial charge in [0.1, 0.15) is 0 Å². The molecule has 0 unspecified atom stereocenters. The molecule has 0 radical (unpaired) electrons. The summed E-state index contributed by atoms with van der Waals surface area (Å²) in [5.74, 6) is 0. The maximum absolute atomic E-state index is 9.43. The molecular formula is C26H30Cl2O6. The van der Waals surface area contributed by atoms with Crippen LogP contribution in [-0.4, -0.2) is 35.7 Å². The number of aryl methyl sites for hydroxylation is 2. The Kier molecular flexibility index (Phi) is 12.4. The number of carbonyl (C=O) groups excluding carboxylic acids is 4. The van der Waals surface area contributed by atoms with Crippen LogP contribution in [0, 0.1) is 0 Å². The Morgan fingerprint density at radius 1 is 0.735 bits per heavy atom. The van der Waals surface area contributed by atoms with Crippen LogP contribution in [0.1, 0.15) is 61.8 Å². The average Bonchev–Trinajstić information content (AvgIpc) is 2.80. The van der Waals surface area contributed by atoms with E-state index in [4.69, 9.17) is 42.4 Å². The van der Waals surface area contributed by atoms with Crippen LogP contribution in [-0.2, 0) is 42.8 Å². The molecule has 2 aliphatic carbocycles. The molecule has 4 rings (SSSR count). The highest BCUT2D eigenvalue weighted by Gasteiger charge is 2.32. The summed E-state index contributed by atoms with van der Waals surface area (Å²) in [6.07, 6.45) is 7.10. The van der Waals surface area contributed by atoms with Crippen molar-refractivity contribution in [2.45, 2.75) is 63.2 Å². The second-order valence-corrected chi connectivity index (χ2v) is 9.79. The van der Waals surface area contributed by atoms with Gasteiger partial charge in [0.2, 0.25) is 0 Å². The number of halogens is 2. The molecule has 0 fully saturated rings. The lowest BCUT2D eigenvalue weighted by molar-refractivity contribution is -0.193.